The Morgan fingerprint density at radius 2 is 1.57 bits per heavy atom. The van der Waals surface area contributed by atoms with Gasteiger partial charge in [0.25, 0.3) is 0 Å². The third kappa shape index (κ3) is 3.49. The standard InChI is InChI=1S/C17H25NO2S/c19-21(20)13-12-16(15-10-6-7-11-17(15)21)18-14-8-4-2-1-3-5-9-14/h6-7,10-11,14,16,18H,1-5,8-9,12-13H2. The van der Waals surface area contributed by atoms with E-state index >= 15 is 0 Å². The van der Waals surface area contributed by atoms with E-state index in [1.807, 2.05) is 18.2 Å². The fraction of sp³-hybridized carbons (Fsp3) is 0.647. The van der Waals surface area contributed by atoms with E-state index < -0.39 is 9.84 Å². The Kier molecular flexibility index (Phi) is 4.65. The first-order valence-electron chi connectivity index (χ1n) is 8.24. The minimum Gasteiger partial charge on any atom is -0.307 e. The predicted octanol–water partition coefficient (Wildman–Crippen LogP) is 3.61. The van der Waals surface area contributed by atoms with Crippen molar-refractivity contribution in [3.05, 3.63) is 29.8 Å². The van der Waals surface area contributed by atoms with Crippen molar-refractivity contribution in [1.29, 1.82) is 0 Å². The zero-order valence-corrected chi connectivity index (χ0v) is 13.4. The average molecular weight is 307 g/mol. The molecule has 116 valence electrons. The van der Waals surface area contributed by atoms with Gasteiger partial charge in [0.1, 0.15) is 0 Å². The Morgan fingerprint density at radius 1 is 0.905 bits per heavy atom. The largest absolute Gasteiger partial charge is 0.307 e. The maximum Gasteiger partial charge on any atom is 0.178 e. The second-order valence-electron chi connectivity index (χ2n) is 6.41. The van der Waals surface area contributed by atoms with E-state index in [1.165, 1.54) is 44.9 Å². The first kappa shape index (κ1) is 15.0. The van der Waals surface area contributed by atoms with Gasteiger partial charge in [0.05, 0.1) is 10.6 Å². The zero-order valence-electron chi connectivity index (χ0n) is 12.6. The molecule has 0 radical (unpaired) electrons. The minimum absolute atomic E-state index is 0.203. The maximum absolute atomic E-state index is 12.2. The van der Waals surface area contributed by atoms with Crippen molar-refractivity contribution in [2.45, 2.75) is 68.3 Å². The van der Waals surface area contributed by atoms with E-state index in [2.05, 4.69) is 5.32 Å². The molecule has 1 aromatic rings. The number of hydrogen-bond acceptors (Lipinski definition) is 3. The molecule has 4 heteroatoms. The van der Waals surface area contributed by atoms with Gasteiger partial charge < -0.3 is 5.32 Å². The number of fused-ring (bicyclic) bond motifs is 1. The van der Waals surface area contributed by atoms with E-state index in [-0.39, 0.29) is 11.8 Å². The minimum atomic E-state index is -3.07. The topological polar surface area (TPSA) is 46.2 Å². The molecule has 0 saturated heterocycles. The van der Waals surface area contributed by atoms with Crippen LogP contribution in [-0.2, 0) is 9.84 Å². The third-order valence-corrected chi connectivity index (χ3v) is 6.66. The lowest BCUT2D eigenvalue weighted by molar-refractivity contribution is 0.345. The molecule has 1 unspecified atom stereocenters. The lowest BCUT2D eigenvalue weighted by Crippen LogP contribution is -2.37. The molecule has 0 spiro atoms. The molecule has 1 aromatic carbocycles. The summed E-state index contributed by atoms with van der Waals surface area (Å²) in [6.45, 7) is 0. The number of sulfone groups is 1. The van der Waals surface area contributed by atoms with Gasteiger partial charge in [-0.3, -0.25) is 0 Å². The third-order valence-electron chi connectivity index (χ3n) is 4.85. The summed E-state index contributed by atoms with van der Waals surface area (Å²) in [5.74, 6) is 0.272. The van der Waals surface area contributed by atoms with Crippen LogP contribution in [0.15, 0.2) is 29.2 Å². The van der Waals surface area contributed by atoms with Crippen LogP contribution in [0.2, 0.25) is 0 Å². The van der Waals surface area contributed by atoms with Crippen molar-refractivity contribution in [1.82, 2.24) is 5.32 Å². The molecular weight excluding hydrogens is 282 g/mol. The van der Waals surface area contributed by atoms with Crippen LogP contribution in [0, 0.1) is 0 Å². The summed E-state index contributed by atoms with van der Waals surface area (Å²) in [5.41, 5.74) is 0.978. The van der Waals surface area contributed by atoms with Crippen LogP contribution in [0.4, 0.5) is 0 Å². The van der Waals surface area contributed by atoms with E-state index in [0.29, 0.717) is 17.4 Å². The fourth-order valence-corrected chi connectivity index (χ4v) is 5.29. The van der Waals surface area contributed by atoms with Crippen molar-refractivity contribution in [3.8, 4) is 0 Å². The molecule has 0 amide bonds. The molecular formula is C17H25NO2S. The van der Waals surface area contributed by atoms with Gasteiger partial charge in [0.2, 0.25) is 0 Å². The molecule has 3 nitrogen and oxygen atoms in total. The average Bonchev–Trinajstić information content (AvgIpc) is 2.44. The summed E-state index contributed by atoms with van der Waals surface area (Å²) in [7, 11) is -3.07. The number of benzene rings is 1. The monoisotopic (exact) mass is 307 g/mol. The first-order valence-corrected chi connectivity index (χ1v) is 9.90. The van der Waals surface area contributed by atoms with E-state index in [4.69, 9.17) is 0 Å². The van der Waals surface area contributed by atoms with Gasteiger partial charge in [-0.05, 0) is 30.9 Å². The highest BCUT2D eigenvalue weighted by molar-refractivity contribution is 7.91. The van der Waals surface area contributed by atoms with Gasteiger partial charge in [-0.25, -0.2) is 8.42 Å². The summed E-state index contributed by atoms with van der Waals surface area (Å²) in [5, 5.41) is 3.76. The highest BCUT2D eigenvalue weighted by Gasteiger charge is 2.30. The van der Waals surface area contributed by atoms with E-state index in [0.717, 1.165) is 5.56 Å². The van der Waals surface area contributed by atoms with E-state index in [9.17, 15) is 8.42 Å². The Bertz CT molecular complexity index is 574. The Labute approximate surface area is 128 Å². The van der Waals surface area contributed by atoms with Gasteiger partial charge in [-0.1, -0.05) is 50.3 Å². The van der Waals surface area contributed by atoms with Crippen LogP contribution < -0.4 is 5.32 Å². The summed E-state index contributed by atoms with van der Waals surface area (Å²) in [6, 6.07) is 8.27. The second-order valence-corrected chi connectivity index (χ2v) is 8.48. The zero-order chi connectivity index (χ0) is 14.7. The van der Waals surface area contributed by atoms with Gasteiger partial charge in [0.15, 0.2) is 9.84 Å². The molecule has 1 aliphatic carbocycles. The van der Waals surface area contributed by atoms with Gasteiger partial charge in [-0.2, -0.15) is 0 Å². The molecule has 1 fully saturated rings. The Balaban J connectivity index is 1.77. The fourth-order valence-electron chi connectivity index (χ4n) is 3.67. The molecule has 1 atom stereocenters. The van der Waals surface area contributed by atoms with Crippen molar-refractivity contribution < 1.29 is 8.42 Å². The first-order chi connectivity index (χ1) is 10.2. The number of nitrogens with one attached hydrogen (secondary N) is 1. The van der Waals surface area contributed by atoms with Gasteiger partial charge in [-0.15, -0.1) is 0 Å². The van der Waals surface area contributed by atoms with Gasteiger partial charge >= 0.3 is 0 Å². The molecule has 1 aliphatic heterocycles. The second kappa shape index (κ2) is 6.49. The SMILES string of the molecule is O=S1(=O)CCC(NC2CCCCCCC2)c2ccccc21. The van der Waals surface area contributed by atoms with Crippen LogP contribution in [0.1, 0.15) is 63.0 Å². The van der Waals surface area contributed by atoms with Crippen LogP contribution >= 0.6 is 0 Å². The predicted molar refractivity (Wildman–Crippen MR) is 85.1 cm³/mol. The number of hydrogen-bond donors (Lipinski definition) is 1. The summed E-state index contributed by atoms with van der Waals surface area (Å²) in [6.07, 6.45) is 9.81. The number of rotatable bonds is 2. The van der Waals surface area contributed by atoms with E-state index in [1.54, 1.807) is 6.07 Å². The maximum atomic E-state index is 12.2. The van der Waals surface area contributed by atoms with Crippen LogP contribution in [0.3, 0.4) is 0 Å². The quantitative estimate of drug-likeness (QED) is 0.908. The molecule has 0 aromatic heterocycles. The summed E-state index contributed by atoms with van der Waals surface area (Å²) >= 11 is 0. The summed E-state index contributed by atoms with van der Waals surface area (Å²) in [4.78, 5) is 0.541. The Hall–Kier alpha value is -0.870. The molecule has 1 heterocycles. The smallest absolute Gasteiger partial charge is 0.178 e. The van der Waals surface area contributed by atoms with Crippen LogP contribution in [0.25, 0.3) is 0 Å². The lowest BCUT2D eigenvalue weighted by Gasteiger charge is -2.31. The molecule has 0 bridgehead atoms. The van der Waals surface area contributed by atoms with Gasteiger partial charge in [0, 0.05) is 12.1 Å². The molecule has 1 N–H and O–H groups in total. The van der Waals surface area contributed by atoms with Crippen molar-refractivity contribution >= 4 is 9.84 Å². The highest BCUT2D eigenvalue weighted by atomic mass is 32.2. The van der Waals surface area contributed by atoms with Crippen LogP contribution in [0.5, 0.6) is 0 Å². The van der Waals surface area contributed by atoms with Crippen molar-refractivity contribution in [3.63, 3.8) is 0 Å². The van der Waals surface area contributed by atoms with Crippen molar-refractivity contribution in [2.24, 2.45) is 0 Å². The summed E-state index contributed by atoms with van der Waals surface area (Å²) < 4.78 is 24.4. The molecule has 1 saturated carbocycles. The Morgan fingerprint density at radius 3 is 2.33 bits per heavy atom. The molecule has 2 aliphatic rings. The van der Waals surface area contributed by atoms with Crippen molar-refractivity contribution in [2.75, 3.05) is 5.75 Å². The molecule has 3 rings (SSSR count). The van der Waals surface area contributed by atoms with Crippen LogP contribution in [-0.4, -0.2) is 20.2 Å². The normalized spacial score (nSPS) is 26.6. The highest BCUT2D eigenvalue weighted by Crippen LogP contribution is 2.33. The lowest BCUT2D eigenvalue weighted by atomic mass is 9.94. The molecule has 21 heavy (non-hydrogen) atoms.